The lowest BCUT2D eigenvalue weighted by Crippen LogP contribution is -2.40. The van der Waals surface area contributed by atoms with Crippen molar-refractivity contribution in [3.63, 3.8) is 0 Å². The first-order valence-corrected chi connectivity index (χ1v) is 12.0. The minimum Gasteiger partial charge on any atom is -0.487 e. The van der Waals surface area contributed by atoms with E-state index in [0.717, 1.165) is 21.9 Å². The highest BCUT2D eigenvalue weighted by molar-refractivity contribution is 7.89. The molecule has 3 aromatic rings. The first kappa shape index (κ1) is 20.1. The number of hydrogen-bond donors (Lipinski definition) is 1. The molecule has 1 aromatic heterocycles. The van der Waals surface area contributed by atoms with E-state index < -0.39 is 10.0 Å². The van der Waals surface area contributed by atoms with Crippen LogP contribution in [0.25, 0.3) is 11.3 Å². The zero-order valence-corrected chi connectivity index (χ0v) is 18.0. The van der Waals surface area contributed by atoms with E-state index in [4.69, 9.17) is 9.47 Å². The Balaban J connectivity index is 1.32. The van der Waals surface area contributed by atoms with E-state index in [1.165, 1.54) is 39.9 Å². The van der Waals surface area contributed by atoms with Crippen molar-refractivity contribution in [1.29, 1.82) is 0 Å². The van der Waals surface area contributed by atoms with Gasteiger partial charge in [-0.25, -0.2) is 13.4 Å². The summed E-state index contributed by atoms with van der Waals surface area (Å²) in [6.45, 7) is 1.83. The molecule has 2 aliphatic heterocycles. The number of carbonyl (C=O) groups is 1. The number of thiazole rings is 1. The van der Waals surface area contributed by atoms with Gasteiger partial charge in [0.15, 0.2) is 5.13 Å². The molecule has 1 saturated heterocycles. The highest BCUT2D eigenvalue weighted by Crippen LogP contribution is 2.40. The van der Waals surface area contributed by atoms with Crippen molar-refractivity contribution >= 4 is 32.4 Å². The van der Waals surface area contributed by atoms with E-state index in [-0.39, 0.29) is 10.8 Å². The Morgan fingerprint density at radius 2 is 1.81 bits per heavy atom. The molecule has 10 heteroatoms. The Morgan fingerprint density at radius 3 is 2.58 bits per heavy atom. The molecule has 31 heavy (non-hydrogen) atoms. The number of ether oxygens (including phenoxy) is 2. The van der Waals surface area contributed by atoms with Crippen molar-refractivity contribution in [3.05, 3.63) is 59.0 Å². The monoisotopic (exact) mass is 457 g/mol. The summed E-state index contributed by atoms with van der Waals surface area (Å²) in [5.74, 6) is 0.422. The quantitative estimate of drug-likeness (QED) is 0.647. The van der Waals surface area contributed by atoms with Crippen LogP contribution in [0, 0.1) is 0 Å². The van der Waals surface area contributed by atoms with Crippen molar-refractivity contribution in [3.8, 4) is 17.0 Å². The number of nitrogens with one attached hydrogen (secondary N) is 1. The molecule has 0 atom stereocenters. The maximum Gasteiger partial charge on any atom is 0.257 e. The van der Waals surface area contributed by atoms with Crippen LogP contribution in [-0.2, 0) is 21.4 Å². The average molecular weight is 458 g/mol. The summed E-state index contributed by atoms with van der Waals surface area (Å²) in [6.07, 6.45) is 0. The zero-order chi connectivity index (χ0) is 21.4. The Kier molecular flexibility index (Phi) is 5.22. The SMILES string of the molecule is O=C(Nc1nc2c(s1)COc1ccccc1-2)c1ccc(S(=O)(=O)N2CCOCC2)cc1. The smallest absolute Gasteiger partial charge is 0.257 e. The van der Waals surface area contributed by atoms with Crippen LogP contribution in [0.3, 0.4) is 0 Å². The summed E-state index contributed by atoms with van der Waals surface area (Å²) in [4.78, 5) is 18.4. The molecule has 0 saturated carbocycles. The third-order valence-electron chi connectivity index (χ3n) is 5.14. The molecule has 1 amide bonds. The first-order valence-electron chi connectivity index (χ1n) is 9.73. The number of carbonyl (C=O) groups excluding carboxylic acids is 1. The van der Waals surface area contributed by atoms with Gasteiger partial charge in [-0.1, -0.05) is 23.5 Å². The Morgan fingerprint density at radius 1 is 1.06 bits per heavy atom. The zero-order valence-electron chi connectivity index (χ0n) is 16.4. The number of benzene rings is 2. The van der Waals surface area contributed by atoms with Crippen molar-refractivity contribution in [2.45, 2.75) is 11.5 Å². The lowest BCUT2D eigenvalue weighted by molar-refractivity contribution is 0.0730. The van der Waals surface area contributed by atoms with Gasteiger partial charge < -0.3 is 9.47 Å². The molecule has 2 aromatic carbocycles. The van der Waals surface area contributed by atoms with E-state index >= 15 is 0 Å². The van der Waals surface area contributed by atoms with Crippen molar-refractivity contribution in [2.24, 2.45) is 0 Å². The minimum absolute atomic E-state index is 0.157. The molecule has 0 unspecified atom stereocenters. The van der Waals surface area contributed by atoms with Gasteiger partial charge in [-0.2, -0.15) is 4.31 Å². The fourth-order valence-electron chi connectivity index (χ4n) is 3.53. The second-order valence-electron chi connectivity index (χ2n) is 7.07. The number of aromatic nitrogens is 1. The Labute approximate surface area is 183 Å². The van der Waals surface area contributed by atoms with E-state index in [2.05, 4.69) is 10.3 Å². The van der Waals surface area contributed by atoms with Gasteiger partial charge in [0.1, 0.15) is 12.4 Å². The van der Waals surface area contributed by atoms with Gasteiger partial charge in [-0.3, -0.25) is 10.1 Å². The first-order chi connectivity index (χ1) is 15.0. The number of amides is 1. The number of rotatable bonds is 4. The van der Waals surface area contributed by atoms with Gasteiger partial charge in [0.2, 0.25) is 10.0 Å². The van der Waals surface area contributed by atoms with Gasteiger partial charge in [0, 0.05) is 24.2 Å². The van der Waals surface area contributed by atoms with Crippen LogP contribution in [0.5, 0.6) is 5.75 Å². The molecule has 2 aliphatic rings. The number of hydrogen-bond acceptors (Lipinski definition) is 7. The Hall–Kier alpha value is -2.79. The van der Waals surface area contributed by atoms with Crippen molar-refractivity contribution in [2.75, 3.05) is 31.6 Å². The maximum absolute atomic E-state index is 12.7. The molecule has 0 aliphatic carbocycles. The standard InChI is InChI=1S/C21H19N3O5S2/c25-20(14-5-7-15(8-6-14)31(26,27)24-9-11-28-12-10-24)23-21-22-19-16-3-1-2-4-17(16)29-13-18(19)30-21/h1-8H,9-13H2,(H,22,23,25). The molecule has 0 radical (unpaired) electrons. The molecule has 160 valence electrons. The summed E-state index contributed by atoms with van der Waals surface area (Å²) >= 11 is 1.37. The van der Waals surface area contributed by atoms with Gasteiger partial charge in [0.05, 0.1) is 28.7 Å². The third-order valence-corrected chi connectivity index (χ3v) is 8.00. The van der Waals surface area contributed by atoms with Crippen LogP contribution in [0.2, 0.25) is 0 Å². The lowest BCUT2D eigenvalue weighted by Gasteiger charge is -2.26. The van der Waals surface area contributed by atoms with E-state index in [1.807, 2.05) is 24.3 Å². The average Bonchev–Trinajstić information content (AvgIpc) is 3.23. The highest BCUT2D eigenvalue weighted by Gasteiger charge is 2.27. The van der Waals surface area contributed by atoms with Gasteiger partial charge in [0.25, 0.3) is 5.91 Å². The summed E-state index contributed by atoms with van der Waals surface area (Å²) in [6, 6.07) is 13.6. The third kappa shape index (κ3) is 3.83. The van der Waals surface area contributed by atoms with Crippen LogP contribution < -0.4 is 10.1 Å². The highest BCUT2D eigenvalue weighted by atomic mass is 32.2. The van der Waals surface area contributed by atoms with Crippen LogP contribution in [0.4, 0.5) is 5.13 Å². The second kappa shape index (κ2) is 8.04. The molecule has 1 N–H and O–H groups in total. The molecule has 0 bridgehead atoms. The maximum atomic E-state index is 12.7. The summed E-state index contributed by atoms with van der Waals surface area (Å²) in [7, 11) is -3.60. The number of para-hydroxylation sites is 1. The van der Waals surface area contributed by atoms with Crippen LogP contribution in [0.1, 0.15) is 15.2 Å². The molecule has 3 heterocycles. The molecule has 0 spiro atoms. The predicted octanol–water partition coefficient (Wildman–Crippen LogP) is 2.98. The van der Waals surface area contributed by atoms with E-state index in [0.29, 0.717) is 43.6 Å². The number of morpholine rings is 1. The van der Waals surface area contributed by atoms with Gasteiger partial charge in [-0.15, -0.1) is 0 Å². The molecular weight excluding hydrogens is 438 g/mol. The summed E-state index contributed by atoms with van der Waals surface area (Å²) in [5.41, 5.74) is 2.07. The number of anilines is 1. The topological polar surface area (TPSA) is 97.8 Å². The van der Waals surface area contributed by atoms with Crippen molar-refractivity contribution < 1.29 is 22.7 Å². The van der Waals surface area contributed by atoms with E-state index in [1.54, 1.807) is 0 Å². The summed E-state index contributed by atoms with van der Waals surface area (Å²) < 4.78 is 37.8. The predicted molar refractivity (Wildman–Crippen MR) is 116 cm³/mol. The number of fused-ring (bicyclic) bond motifs is 3. The molecule has 5 rings (SSSR count). The minimum atomic E-state index is -3.60. The molecule has 8 nitrogen and oxygen atoms in total. The van der Waals surface area contributed by atoms with Crippen LogP contribution in [0.15, 0.2) is 53.4 Å². The summed E-state index contributed by atoms with van der Waals surface area (Å²) in [5, 5.41) is 3.28. The number of sulfonamides is 1. The van der Waals surface area contributed by atoms with Gasteiger partial charge >= 0.3 is 0 Å². The van der Waals surface area contributed by atoms with Gasteiger partial charge in [-0.05, 0) is 36.4 Å². The lowest BCUT2D eigenvalue weighted by atomic mass is 10.1. The fourth-order valence-corrected chi connectivity index (χ4v) is 5.82. The van der Waals surface area contributed by atoms with E-state index in [9.17, 15) is 13.2 Å². The Bertz CT molecular complexity index is 1230. The second-order valence-corrected chi connectivity index (χ2v) is 10.1. The molecular formula is C21H19N3O5S2. The number of nitrogens with zero attached hydrogens (tertiary/aromatic N) is 2. The fraction of sp³-hybridized carbons (Fsp3) is 0.238. The van der Waals surface area contributed by atoms with Crippen LogP contribution in [-0.4, -0.2) is 49.9 Å². The van der Waals surface area contributed by atoms with Crippen molar-refractivity contribution in [1.82, 2.24) is 9.29 Å². The largest absolute Gasteiger partial charge is 0.487 e. The van der Waals surface area contributed by atoms with Crippen LogP contribution >= 0.6 is 11.3 Å². The normalized spacial score (nSPS) is 16.1. The molecule has 1 fully saturated rings.